The molecule has 13 nitrogen and oxygen atoms in total. The molecule has 0 saturated carbocycles. The number of benzene rings is 4. The maximum Gasteiger partial charge on any atom is 0.268 e. The summed E-state index contributed by atoms with van der Waals surface area (Å²) in [6.07, 6.45) is -0.450. The number of nitrogens with one attached hydrogen (secondary N) is 4. The molecule has 3 atom stereocenters. The number of aromatic nitrogens is 5. The van der Waals surface area contributed by atoms with Crippen molar-refractivity contribution in [3.63, 3.8) is 0 Å². The SMILES string of the molecule is Cc1ccc(CC(=O)[C@H](CCC(N)=O)NC(=O)[C@@H](CC(=O)[C@H](Cc2ccc3ccccc3c2)NC(=O)c2cc3cc(Cl)ccc3[nH]2)Cc2nn[nH]n2)cc1. The minimum atomic E-state index is -1.07. The smallest absolute Gasteiger partial charge is 0.268 e. The van der Waals surface area contributed by atoms with Gasteiger partial charge < -0.3 is 21.4 Å². The van der Waals surface area contributed by atoms with Crippen LogP contribution in [0, 0.1) is 12.8 Å². The molecule has 14 heteroatoms. The van der Waals surface area contributed by atoms with Gasteiger partial charge in [0.25, 0.3) is 5.91 Å². The van der Waals surface area contributed by atoms with E-state index in [4.69, 9.17) is 17.3 Å². The number of halogens is 1. The zero-order valence-corrected chi connectivity index (χ0v) is 30.2. The standard InChI is InChI=1S/C40H39ClN8O5/c1-23-6-8-24(9-7-23)18-35(50)32(14-15-37(42)52)44-39(53)29(22-38-46-48-49-47-38)21-36(51)33(17-25-10-11-26-4-2-3-5-27(26)16-25)45-40(54)34-20-28-19-30(41)12-13-31(28)43-34/h2-13,16,19-20,29,32-33,43H,14-15,17-18,21-22H2,1H3,(H2,42,52)(H,44,53)(H,45,54)(H,46,47,48,49)/t29-,32-,33-/m0/s1. The first kappa shape index (κ1) is 37.5. The van der Waals surface area contributed by atoms with Gasteiger partial charge in [-0.3, -0.25) is 24.0 Å². The summed E-state index contributed by atoms with van der Waals surface area (Å²) in [5.74, 6) is -3.41. The number of rotatable bonds is 17. The maximum absolute atomic E-state index is 14.3. The number of ketones is 2. The highest BCUT2D eigenvalue weighted by molar-refractivity contribution is 6.31. The lowest BCUT2D eigenvalue weighted by Gasteiger charge is -2.23. The van der Waals surface area contributed by atoms with Crippen molar-refractivity contribution in [2.24, 2.45) is 11.7 Å². The molecule has 0 unspecified atom stereocenters. The summed E-state index contributed by atoms with van der Waals surface area (Å²) in [5.41, 5.74) is 8.91. The molecule has 0 aliphatic rings. The van der Waals surface area contributed by atoms with E-state index in [1.165, 1.54) is 0 Å². The van der Waals surface area contributed by atoms with Crippen LogP contribution >= 0.6 is 11.6 Å². The number of aryl methyl sites for hydroxylation is 1. The Morgan fingerprint density at radius 1 is 0.796 bits per heavy atom. The number of H-pyrrole nitrogens is 2. The van der Waals surface area contributed by atoms with E-state index in [0.717, 1.165) is 32.8 Å². The highest BCUT2D eigenvalue weighted by Crippen LogP contribution is 2.22. The molecule has 2 heterocycles. The average Bonchev–Trinajstić information content (AvgIpc) is 3.83. The largest absolute Gasteiger partial charge is 0.370 e. The summed E-state index contributed by atoms with van der Waals surface area (Å²) in [4.78, 5) is 70.4. The Balaban J connectivity index is 1.26. The fraction of sp³-hybridized carbons (Fsp3) is 0.250. The summed E-state index contributed by atoms with van der Waals surface area (Å²) in [6.45, 7) is 1.93. The summed E-state index contributed by atoms with van der Waals surface area (Å²) < 4.78 is 0. The maximum atomic E-state index is 14.3. The number of fused-ring (bicyclic) bond motifs is 2. The van der Waals surface area contributed by atoms with E-state index in [1.54, 1.807) is 24.3 Å². The summed E-state index contributed by atoms with van der Waals surface area (Å²) in [5, 5.41) is 22.8. The summed E-state index contributed by atoms with van der Waals surface area (Å²) >= 11 is 6.17. The molecule has 6 N–H and O–H groups in total. The van der Waals surface area contributed by atoms with Crippen molar-refractivity contribution in [2.45, 2.75) is 57.5 Å². The molecule has 2 aromatic heterocycles. The minimum Gasteiger partial charge on any atom is -0.370 e. The van der Waals surface area contributed by atoms with E-state index in [2.05, 4.69) is 36.2 Å². The third-order valence-electron chi connectivity index (χ3n) is 9.30. The molecule has 4 aromatic carbocycles. The summed E-state index contributed by atoms with van der Waals surface area (Å²) in [7, 11) is 0. The minimum absolute atomic E-state index is 0.0122. The monoisotopic (exact) mass is 746 g/mol. The quantitative estimate of drug-likeness (QED) is 0.0895. The first-order valence-electron chi connectivity index (χ1n) is 17.5. The Morgan fingerprint density at radius 3 is 2.30 bits per heavy atom. The molecule has 0 spiro atoms. The molecular formula is C40H39ClN8O5. The molecular weight excluding hydrogens is 708 g/mol. The van der Waals surface area contributed by atoms with Gasteiger partial charge in [0.15, 0.2) is 17.4 Å². The van der Waals surface area contributed by atoms with Gasteiger partial charge in [-0.2, -0.15) is 5.21 Å². The molecule has 276 valence electrons. The normalized spacial score (nSPS) is 12.9. The van der Waals surface area contributed by atoms with E-state index in [-0.39, 0.29) is 55.8 Å². The molecule has 54 heavy (non-hydrogen) atoms. The van der Waals surface area contributed by atoms with Crippen LogP contribution in [0.1, 0.15) is 52.3 Å². The van der Waals surface area contributed by atoms with Crippen LogP contribution in [0.3, 0.4) is 0 Å². The molecule has 0 saturated heterocycles. The van der Waals surface area contributed by atoms with Crippen LogP contribution in [0.2, 0.25) is 5.02 Å². The second kappa shape index (κ2) is 17.1. The number of hydrogen-bond acceptors (Lipinski definition) is 8. The molecule has 6 rings (SSSR count). The van der Waals surface area contributed by atoms with E-state index < -0.39 is 41.5 Å². The van der Waals surface area contributed by atoms with Gasteiger partial charge in [-0.05, 0) is 65.9 Å². The Bertz CT molecular complexity index is 2300. The number of primary amides is 1. The molecule has 0 aliphatic carbocycles. The Kier molecular flexibility index (Phi) is 11.9. The molecule has 0 radical (unpaired) electrons. The number of Topliss-reactive ketones (excluding diaryl/α,β-unsaturated/α-hetero) is 2. The number of carbonyl (C=O) groups is 5. The van der Waals surface area contributed by atoms with Crippen LogP contribution in [0.5, 0.6) is 0 Å². The Hall–Kier alpha value is -6.21. The molecule has 6 aromatic rings. The zero-order valence-electron chi connectivity index (χ0n) is 29.5. The van der Waals surface area contributed by atoms with Gasteiger partial charge >= 0.3 is 0 Å². The van der Waals surface area contributed by atoms with Gasteiger partial charge in [-0.1, -0.05) is 89.1 Å². The van der Waals surface area contributed by atoms with Crippen LogP contribution < -0.4 is 16.4 Å². The molecule has 0 fully saturated rings. The van der Waals surface area contributed by atoms with Crippen molar-refractivity contribution < 1.29 is 24.0 Å². The Morgan fingerprint density at radius 2 is 1.56 bits per heavy atom. The van der Waals surface area contributed by atoms with Gasteiger partial charge in [0.2, 0.25) is 11.8 Å². The number of carbonyl (C=O) groups excluding carboxylic acids is 5. The van der Waals surface area contributed by atoms with Gasteiger partial charge in [0.1, 0.15) is 5.69 Å². The van der Waals surface area contributed by atoms with Crippen LogP contribution in [0.4, 0.5) is 0 Å². The lowest BCUT2D eigenvalue weighted by molar-refractivity contribution is -0.133. The topological polar surface area (TPSA) is 206 Å². The first-order chi connectivity index (χ1) is 26.0. The average molecular weight is 747 g/mol. The van der Waals surface area contributed by atoms with E-state index >= 15 is 0 Å². The Labute approximate surface area is 315 Å². The van der Waals surface area contributed by atoms with Crippen molar-refractivity contribution in [1.29, 1.82) is 0 Å². The highest BCUT2D eigenvalue weighted by atomic mass is 35.5. The lowest BCUT2D eigenvalue weighted by Crippen LogP contribution is -2.47. The van der Waals surface area contributed by atoms with Gasteiger partial charge in [0.05, 0.1) is 18.0 Å². The van der Waals surface area contributed by atoms with Crippen molar-refractivity contribution in [1.82, 2.24) is 36.2 Å². The number of nitrogens with two attached hydrogens (primary N) is 1. The number of tetrazole rings is 1. The fourth-order valence-electron chi connectivity index (χ4n) is 6.36. The van der Waals surface area contributed by atoms with Crippen LogP contribution in [-0.2, 0) is 38.4 Å². The third-order valence-corrected chi connectivity index (χ3v) is 9.53. The molecule has 0 aliphatic heterocycles. The number of amides is 3. The van der Waals surface area contributed by atoms with Gasteiger partial charge in [-0.25, -0.2) is 0 Å². The van der Waals surface area contributed by atoms with E-state index in [0.29, 0.717) is 10.5 Å². The third kappa shape index (κ3) is 9.81. The fourth-order valence-corrected chi connectivity index (χ4v) is 6.54. The van der Waals surface area contributed by atoms with Gasteiger partial charge in [0, 0.05) is 41.6 Å². The molecule has 3 amide bonds. The van der Waals surface area contributed by atoms with E-state index in [1.807, 2.05) is 73.7 Å². The van der Waals surface area contributed by atoms with Crippen molar-refractivity contribution >= 4 is 62.6 Å². The van der Waals surface area contributed by atoms with Crippen LogP contribution in [0.25, 0.3) is 21.7 Å². The highest BCUT2D eigenvalue weighted by Gasteiger charge is 2.32. The first-order valence-corrected chi connectivity index (χ1v) is 17.9. The number of aromatic amines is 2. The number of hydrogen-bond donors (Lipinski definition) is 5. The zero-order chi connectivity index (χ0) is 38.2. The van der Waals surface area contributed by atoms with E-state index in [9.17, 15) is 24.0 Å². The summed E-state index contributed by atoms with van der Waals surface area (Å²) in [6, 6.07) is 25.7. The van der Waals surface area contributed by atoms with Crippen molar-refractivity contribution in [3.8, 4) is 0 Å². The van der Waals surface area contributed by atoms with Crippen molar-refractivity contribution in [2.75, 3.05) is 0 Å². The lowest BCUT2D eigenvalue weighted by atomic mass is 9.90. The van der Waals surface area contributed by atoms with Crippen LogP contribution in [0.15, 0.2) is 91.0 Å². The second-order valence-electron chi connectivity index (χ2n) is 13.4. The number of nitrogens with zero attached hydrogens (tertiary/aromatic N) is 3. The van der Waals surface area contributed by atoms with Gasteiger partial charge in [-0.15, -0.1) is 10.2 Å². The predicted octanol–water partition coefficient (Wildman–Crippen LogP) is 4.52. The second-order valence-corrected chi connectivity index (χ2v) is 13.9. The predicted molar refractivity (Wildman–Crippen MR) is 203 cm³/mol. The molecule has 0 bridgehead atoms. The van der Waals surface area contributed by atoms with Crippen LogP contribution in [-0.4, -0.2) is 67.0 Å². The van der Waals surface area contributed by atoms with Crippen molar-refractivity contribution in [3.05, 3.63) is 124 Å².